The predicted molar refractivity (Wildman–Crippen MR) is 107 cm³/mol. The minimum atomic E-state index is -0.531. The van der Waals surface area contributed by atoms with Gasteiger partial charge in [0.05, 0.1) is 13.2 Å². The number of rotatable bonds is 6. The Labute approximate surface area is 173 Å². The SMILES string of the molecule is O=C(CCCN1C(=O)c2cccc3cccc(c23)C1=O)OCC(=O)N1CCOCC1. The number of imide groups is 1. The summed E-state index contributed by atoms with van der Waals surface area (Å²) < 4.78 is 10.2. The average molecular weight is 410 g/mol. The van der Waals surface area contributed by atoms with Crippen LogP contribution in [0.2, 0.25) is 0 Å². The van der Waals surface area contributed by atoms with E-state index in [9.17, 15) is 19.2 Å². The van der Waals surface area contributed by atoms with Crippen LogP contribution in [-0.2, 0) is 19.1 Å². The van der Waals surface area contributed by atoms with E-state index < -0.39 is 5.97 Å². The molecule has 0 aromatic heterocycles. The molecule has 1 saturated heterocycles. The molecular weight excluding hydrogens is 388 g/mol. The van der Waals surface area contributed by atoms with E-state index >= 15 is 0 Å². The number of hydrogen-bond acceptors (Lipinski definition) is 6. The van der Waals surface area contributed by atoms with Crippen LogP contribution in [0.15, 0.2) is 36.4 Å². The van der Waals surface area contributed by atoms with Crippen LogP contribution >= 0.6 is 0 Å². The highest BCUT2D eigenvalue weighted by Gasteiger charge is 2.32. The summed E-state index contributed by atoms with van der Waals surface area (Å²) in [6.07, 6.45) is 0.277. The zero-order chi connectivity index (χ0) is 21.1. The summed E-state index contributed by atoms with van der Waals surface area (Å²) in [6.45, 7) is 1.74. The van der Waals surface area contributed by atoms with E-state index in [-0.39, 0.29) is 43.7 Å². The largest absolute Gasteiger partial charge is 0.456 e. The van der Waals surface area contributed by atoms with Gasteiger partial charge in [-0.1, -0.05) is 24.3 Å². The van der Waals surface area contributed by atoms with Gasteiger partial charge in [0, 0.05) is 42.6 Å². The van der Waals surface area contributed by atoms with E-state index in [0.717, 1.165) is 5.39 Å². The van der Waals surface area contributed by atoms with E-state index in [1.54, 1.807) is 29.2 Å². The van der Waals surface area contributed by atoms with Crippen LogP contribution in [0.1, 0.15) is 33.6 Å². The molecule has 0 saturated carbocycles. The molecule has 0 unspecified atom stereocenters. The predicted octanol–water partition coefficient (Wildman–Crippen LogP) is 1.62. The van der Waals surface area contributed by atoms with Crippen molar-refractivity contribution in [3.63, 3.8) is 0 Å². The van der Waals surface area contributed by atoms with Crippen LogP contribution in [0.4, 0.5) is 0 Å². The van der Waals surface area contributed by atoms with Crippen LogP contribution in [0.25, 0.3) is 10.8 Å². The molecule has 1 fully saturated rings. The summed E-state index contributed by atoms with van der Waals surface area (Å²) in [7, 11) is 0. The molecule has 0 radical (unpaired) electrons. The topological polar surface area (TPSA) is 93.2 Å². The third kappa shape index (κ3) is 3.91. The summed E-state index contributed by atoms with van der Waals surface area (Å²) in [5.74, 6) is -1.51. The van der Waals surface area contributed by atoms with Gasteiger partial charge in [-0.2, -0.15) is 0 Å². The molecule has 0 spiro atoms. The van der Waals surface area contributed by atoms with Crippen molar-refractivity contribution in [1.82, 2.24) is 9.80 Å². The summed E-state index contributed by atoms with van der Waals surface area (Å²) in [5.41, 5.74) is 0.975. The molecule has 2 aliphatic rings. The van der Waals surface area contributed by atoms with Crippen molar-refractivity contribution in [2.75, 3.05) is 39.5 Å². The lowest BCUT2D eigenvalue weighted by molar-refractivity contribution is -0.153. The molecule has 2 aromatic carbocycles. The van der Waals surface area contributed by atoms with Gasteiger partial charge in [-0.25, -0.2) is 0 Å². The van der Waals surface area contributed by atoms with Gasteiger partial charge in [0.1, 0.15) is 0 Å². The summed E-state index contributed by atoms with van der Waals surface area (Å²) in [6, 6.07) is 10.7. The second kappa shape index (κ2) is 8.62. The number of esters is 1. The van der Waals surface area contributed by atoms with Gasteiger partial charge >= 0.3 is 5.97 Å². The van der Waals surface area contributed by atoms with E-state index in [1.807, 2.05) is 12.1 Å². The van der Waals surface area contributed by atoms with Crippen molar-refractivity contribution in [3.05, 3.63) is 47.5 Å². The Bertz CT molecular complexity index is 961. The number of amides is 3. The second-order valence-corrected chi connectivity index (χ2v) is 7.23. The first-order chi connectivity index (χ1) is 14.6. The average Bonchev–Trinajstić information content (AvgIpc) is 2.78. The maximum absolute atomic E-state index is 12.8. The molecule has 3 amide bonds. The highest BCUT2D eigenvalue weighted by Crippen LogP contribution is 2.30. The molecule has 0 atom stereocenters. The first-order valence-corrected chi connectivity index (χ1v) is 9.95. The third-order valence-electron chi connectivity index (χ3n) is 5.34. The number of morpholine rings is 1. The maximum Gasteiger partial charge on any atom is 0.306 e. The van der Waals surface area contributed by atoms with Crippen LogP contribution in [0.3, 0.4) is 0 Å². The van der Waals surface area contributed by atoms with Crippen LogP contribution in [0, 0.1) is 0 Å². The minimum Gasteiger partial charge on any atom is -0.456 e. The van der Waals surface area contributed by atoms with Crippen molar-refractivity contribution in [3.8, 4) is 0 Å². The number of hydrogen-bond donors (Lipinski definition) is 0. The summed E-state index contributed by atoms with van der Waals surface area (Å²) in [4.78, 5) is 52.4. The summed E-state index contributed by atoms with van der Waals surface area (Å²) >= 11 is 0. The van der Waals surface area contributed by atoms with Gasteiger partial charge in [-0.3, -0.25) is 24.1 Å². The Morgan fingerprint density at radius 3 is 2.23 bits per heavy atom. The van der Waals surface area contributed by atoms with Gasteiger partial charge in [-0.05, 0) is 23.9 Å². The molecule has 4 rings (SSSR count). The smallest absolute Gasteiger partial charge is 0.306 e. The van der Waals surface area contributed by atoms with E-state index in [1.165, 1.54) is 4.90 Å². The Hall–Kier alpha value is -3.26. The van der Waals surface area contributed by atoms with Gasteiger partial charge in [-0.15, -0.1) is 0 Å². The van der Waals surface area contributed by atoms with E-state index in [4.69, 9.17) is 9.47 Å². The van der Waals surface area contributed by atoms with Gasteiger partial charge < -0.3 is 14.4 Å². The molecule has 2 aromatic rings. The second-order valence-electron chi connectivity index (χ2n) is 7.23. The quantitative estimate of drug-likeness (QED) is 0.531. The highest BCUT2D eigenvalue weighted by molar-refractivity contribution is 6.25. The molecule has 2 heterocycles. The highest BCUT2D eigenvalue weighted by atomic mass is 16.5. The molecule has 0 N–H and O–H groups in total. The third-order valence-corrected chi connectivity index (χ3v) is 5.34. The van der Waals surface area contributed by atoms with Crippen molar-refractivity contribution in [1.29, 1.82) is 0 Å². The fourth-order valence-electron chi connectivity index (χ4n) is 3.78. The first-order valence-electron chi connectivity index (χ1n) is 9.95. The van der Waals surface area contributed by atoms with Crippen LogP contribution in [-0.4, -0.2) is 72.9 Å². The molecule has 156 valence electrons. The fraction of sp³-hybridized carbons (Fsp3) is 0.364. The van der Waals surface area contributed by atoms with Crippen molar-refractivity contribution >= 4 is 34.5 Å². The van der Waals surface area contributed by atoms with Gasteiger partial charge in [0.25, 0.3) is 17.7 Å². The maximum atomic E-state index is 12.8. The lowest BCUT2D eigenvalue weighted by Crippen LogP contribution is -2.42. The van der Waals surface area contributed by atoms with Crippen molar-refractivity contribution in [2.24, 2.45) is 0 Å². The monoisotopic (exact) mass is 410 g/mol. The molecular formula is C22H22N2O6. The number of nitrogens with zero attached hydrogens (tertiary/aromatic N) is 2. The Balaban J connectivity index is 1.31. The normalized spacial score (nSPS) is 16.1. The molecule has 8 heteroatoms. The van der Waals surface area contributed by atoms with E-state index in [2.05, 4.69) is 0 Å². The Morgan fingerprint density at radius 2 is 1.60 bits per heavy atom. The van der Waals surface area contributed by atoms with Crippen molar-refractivity contribution in [2.45, 2.75) is 12.8 Å². The molecule has 0 aliphatic carbocycles. The zero-order valence-electron chi connectivity index (χ0n) is 16.5. The fourth-order valence-corrected chi connectivity index (χ4v) is 3.78. The standard InChI is InChI=1S/C22H22N2O6/c25-18(23-10-12-29-13-11-23)14-30-19(26)8-3-9-24-21(27)16-6-1-4-15-5-2-7-17(20(15)16)22(24)28/h1-2,4-7H,3,8-14H2. The molecule has 30 heavy (non-hydrogen) atoms. The molecule has 8 nitrogen and oxygen atoms in total. The van der Waals surface area contributed by atoms with Gasteiger partial charge in [0.15, 0.2) is 6.61 Å². The summed E-state index contributed by atoms with van der Waals surface area (Å²) in [5, 5.41) is 1.52. The zero-order valence-corrected chi connectivity index (χ0v) is 16.5. The molecule has 2 aliphatic heterocycles. The number of benzene rings is 2. The lowest BCUT2D eigenvalue weighted by Gasteiger charge is -2.27. The lowest BCUT2D eigenvalue weighted by atomic mass is 9.94. The van der Waals surface area contributed by atoms with Crippen LogP contribution < -0.4 is 0 Å². The van der Waals surface area contributed by atoms with Crippen molar-refractivity contribution < 1.29 is 28.7 Å². The number of ether oxygens (including phenoxy) is 2. The number of carbonyl (C=O) groups is 4. The Kier molecular flexibility index (Phi) is 5.76. The minimum absolute atomic E-state index is 0.0132. The van der Waals surface area contributed by atoms with Crippen LogP contribution in [0.5, 0.6) is 0 Å². The van der Waals surface area contributed by atoms with E-state index in [0.29, 0.717) is 42.8 Å². The first kappa shape index (κ1) is 20.0. The number of carbonyl (C=O) groups excluding carboxylic acids is 4. The molecule has 0 bridgehead atoms. The van der Waals surface area contributed by atoms with Gasteiger partial charge in [0.2, 0.25) is 0 Å². The Morgan fingerprint density at radius 1 is 0.967 bits per heavy atom.